The van der Waals surface area contributed by atoms with Crippen LogP contribution in [0.2, 0.25) is 0 Å². The van der Waals surface area contributed by atoms with Crippen LogP contribution in [-0.2, 0) is 4.79 Å². The third kappa shape index (κ3) is 4.61. The van der Waals surface area contributed by atoms with Crippen LogP contribution in [0.25, 0.3) is 0 Å². The second kappa shape index (κ2) is 9.26. The molecule has 2 amide bonds. The van der Waals surface area contributed by atoms with Crippen LogP contribution in [-0.4, -0.2) is 68.7 Å². The van der Waals surface area contributed by atoms with E-state index < -0.39 is 0 Å². The molecule has 0 aromatic carbocycles. The van der Waals surface area contributed by atoms with Crippen molar-refractivity contribution >= 4 is 17.8 Å². The van der Waals surface area contributed by atoms with Gasteiger partial charge in [-0.15, -0.1) is 0 Å². The number of anilines is 1. The average molecular weight is 440 g/mol. The number of nitrogens with one attached hydrogen (secondary N) is 1. The van der Waals surface area contributed by atoms with E-state index in [9.17, 15) is 9.59 Å². The fourth-order valence-corrected chi connectivity index (χ4v) is 4.48. The number of rotatable bonds is 6. The maximum absolute atomic E-state index is 13.2. The monoisotopic (exact) mass is 439 g/mol. The number of carbonyl (C=O) groups is 2. The first-order chi connectivity index (χ1) is 15.3. The van der Waals surface area contributed by atoms with Crippen molar-refractivity contribution in [3.05, 3.63) is 35.9 Å². The summed E-state index contributed by atoms with van der Waals surface area (Å²) < 4.78 is 1.77. The Balaban J connectivity index is 1.59. The lowest BCUT2D eigenvalue weighted by Crippen LogP contribution is -2.39. The molecule has 2 aromatic rings. The summed E-state index contributed by atoms with van der Waals surface area (Å²) in [4.78, 5) is 39.5. The van der Waals surface area contributed by atoms with Crippen molar-refractivity contribution < 1.29 is 9.59 Å². The van der Waals surface area contributed by atoms with E-state index in [-0.39, 0.29) is 35.7 Å². The molecule has 0 unspecified atom stereocenters. The van der Waals surface area contributed by atoms with E-state index in [1.807, 2.05) is 33.8 Å². The van der Waals surface area contributed by atoms with E-state index in [0.29, 0.717) is 24.6 Å². The zero-order valence-corrected chi connectivity index (χ0v) is 19.4. The van der Waals surface area contributed by atoms with Gasteiger partial charge >= 0.3 is 0 Å². The minimum Gasteiger partial charge on any atom is -0.354 e. The van der Waals surface area contributed by atoms with Gasteiger partial charge in [0, 0.05) is 56.6 Å². The van der Waals surface area contributed by atoms with Crippen LogP contribution < -0.4 is 10.2 Å². The van der Waals surface area contributed by atoms with Gasteiger partial charge in [-0.3, -0.25) is 14.3 Å². The Morgan fingerprint density at radius 1 is 1.12 bits per heavy atom. The van der Waals surface area contributed by atoms with Gasteiger partial charge in [0.1, 0.15) is 0 Å². The predicted octanol–water partition coefficient (Wildman–Crippen LogP) is 2.23. The van der Waals surface area contributed by atoms with Gasteiger partial charge in [0.25, 0.3) is 5.91 Å². The second-order valence-corrected chi connectivity index (χ2v) is 9.36. The molecule has 9 heteroatoms. The molecular weight excluding hydrogens is 406 g/mol. The van der Waals surface area contributed by atoms with E-state index in [2.05, 4.69) is 20.3 Å². The highest BCUT2D eigenvalue weighted by atomic mass is 16.2. The Morgan fingerprint density at radius 3 is 2.53 bits per heavy atom. The molecule has 2 aliphatic heterocycles. The normalized spacial score (nSPS) is 21.1. The highest BCUT2D eigenvalue weighted by Gasteiger charge is 2.42. The Labute approximate surface area is 189 Å². The molecular formula is C23H33N7O2. The first-order valence-electron chi connectivity index (χ1n) is 11.5. The van der Waals surface area contributed by atoms with Crippen molar-refractivity contribution in [1.29, 1.82) is 0 Å². The maximum Gasteiger partial charge on any atom is 0.257 e. The molecule has 172 valence electrons. The molecule has 4 heterocycles. The number of hydrogen-bond acceptors (Lipinski definition) is 6. The van der Waals surface area contributed by atoms with Gasteiger partial charge in [0.05, 0.1) is 23.4 Å². The maximum atomic E-state index is 13.2. The van der Waals surface area contributed by atoms with Crippen molar-refractivity contribution in [3.8, 4) is 0 Å². The minimum absolute atomic E-state index is 0.0303. The van der Waals surface area contributed by atoms with Crippen LogP contribution >= 0.6 is 0 Å². The Morgan fingerprint density at radius 2 is 1.88 bits per heavy atom. The molecule has 0 saturated carbocycles. The fourth-order valence-electron chi connectivity index (χ4n) is 4.48. The molecule has 1 N–H and O–H groups in total. The van der Waals surface area contributed by atoms with E-state index in [0.717, 1.165) is 31.6 Å². The zero-order valence-electron chi connectivity index (χ0n) is 19.4. The van der Waals surface area contributed by atoms with Crippen LogP contribution in [0, 0.1) is 5.92 Å². The summed E-state index contributed by atoms with van der Waals surface area (Å²) in [6.07, 6.45) is 7.44. The minimum atomic E-state index is -0.358. The predicted molar refractivity (Wildman–Crippen MR) is 122 cm³/mol. The van der Waals surface area contributed by atoms with Gasteiger partial charge in [-0.1, -0.05) is 0 Å². The van der Waals surface area contributed by atoms with Crippen LogP contribution in [0.4, 0.5) is 5.95 Å². The van der Waals surface area contributed by atoms with Crippen molar-refractivity contribution in [2.45, 2.75) is 58.5 Å². The fraction of sp³-hybridized carbons (Fsp3) is 0.609. The van der Waals surface area contributed by atoms with Crippen LogP contribution in [0.5, 0.6) is 0 Å². The van der Waals surface area contributed by atoms with Gasteiger partial charge in [-0.25, -0.2) is 9.97 Å². The lowest BCUT2D eigenvalue weighted by Gasteiger charge is -2.21. The molecule has 0 spiro atoms. The van der Waals surface area contributed by atoms with Gasteiger partial charge in [0.15, 0.2) is 0 Å². The van der Waals surface area contributed by atoms with Gasteiger partial charge in [-0.2, -0.15) is 5.10 Å². The van der Waals surface area contributed by atoms with Crippen molar-refractivity contribution in [2.24, 2.45) is 5.92 Å². The zero-order chi connectivity index (χ0) is 22.8. The number of aromatic nitrogens is 4. The lowest BCUT2D eigenvalue weighted by molar-refractivity contribution is -0.125. The van der Waals surface area contributed by atoms with E-state index in [1.165, 1.54) is 0 Å². The number of likely N-dealkylation sites (tertiary alicyclic amines) is 1. The Bertz CT molecular complexity index is 965. The highest BCUT2D eigenvalue weighted by molar-refractivity contribution is 5.94. The summed E-state index contributed by atoms with van der Waals surface area (Å²) in [5.74, 6) is 0.0334. The number of hydrogen-bond donors (Lipinski definition) is 1. The average Bonchev–Trinajstić information content (AvgIpc) is 3.53. The van der Waals surface area contributed by atoms with E-state index >= 15 is 0 Å². The molecule has 2 saturated heterocycles. The third-order valence-corrected chi connectivity index (χ3v) is 6.19. The van der Waals surface area contributed by atoms with Crippen molar-refractivity contribution in [3.63, 3.8) is 0 Å². The summed E-state index contributed by atoms with van der Waals surface area (Å²) in [6, 6.07) is 2.09. The van der Waals surface area contributed by atoms with Crippen LogP contribution in [0.1, 0.15) is 68.5 Å². The van der Waals surface area contributed by atoms with Crippen LogP contribution in [0.15, 0.2) is 24.7 Å². The van der Waals surface area contributed by atoms with Gasteiger partial charge in [-0.05, 0) is 46.6 Å². The first-order valence-corrected chi connectivity index (χ1v) is 11.5. The molecule has 9 nitrogen and oxygen atoms in total. The lowest BCUT2D eigenvalue weighted by atomic mass is 9.91. The SMILES string of the molecule is CC(C)NC(=O)[C@H]1CN(C(=O)c2cnn(C(C)C)c2)C[C@@H]1c1ccnc(N2CCCC2)n1. The van der Waals surface area contributed by atoms with Crippen LogP contribution in [0.3, 0.4) is 0 Å². The molecule has 32 heavy (non-hydrogen) atoms. The number of nitrogens with zero attached hydrogens (tertiary/aromatic N) is 6. The number of carbonyl (C=O) groups excluding carboxylic acids is 2. The second-order valence-electron chi connectivity index (χ2n) is 9.36. The third-order valence-electron chi connectivity index (χ3n) is 6.19. The van der Waals surface area contributed by atoms with Gasteiger partial charge in [0.2, 0.25) is 11.9 Å². The summed E-state index contributed by atoms with van der Waals surface area (Å²) in [7, 11) is 0. The summed E-state index contributed by atoms with van der Waals surface area (Å²) in [5.41, 5.74) is 1.36. The summed E-state index contributed by atoms with van der Waals surface area (Å²) in [5, 5.41) is 7.32. The summed E-state index contributed by atoms with van der Waals surface area (Å²) in [6.45, 7) is 10.6. The molecule has 2 aromatic heterocycles. The Kier molecular flexibility index (Phi) is 6.43. The Hall–Kier alpha value is -2.97. The molecule has 4 rings (SSSR count). The summed E-state index contributed by atoms with van der Waals surface area (Å²) >= 11 is 0. The standard InChI is InChI=1S/C23H33N7O2/c1-15(2)26-21(31)19-14-29(22(32)17-11-25-30(12-17)16(3)4)13-18(19)20-7-8-24-23(27-20)28-9-5-6-10-28/h7-8,11-12,15-16,18-19H,5-6,9-10,13-14H2,1-4H3,(H,26,31)/t18-,19-/m0/s1. The highest BCUT2D eigenvalue weighted by Crippen LogP contribution is 2.33. The molecule has 2 fully saturated rings. The van der Waals surface area contributed by atoms with Crippen molar-refractivity contribution in [1.82, 2.24) is 30.0 Å². The number of amides is 2. The molecule has 0 radical (unpaired) electrons. The molecule has 2 aliphatic rings. The van der Waals surface area contributed by atoms with E-state index in [4.69, 9.17) is 4.98 Å². The smallest absolute Gasteiger partial charge is 0.257 e. The topological polar surface area (TPSA) is 96.2 Å². The van der Waals surface area contributed by atoms with E-state index in [1.54, 1.807) is 28.2 Å². The first kappa shape index (κ1) is 22.2. The quantitative estimate of drug-likeness (QED) is 0.742. The molecule has 0 bridgehead atoms. The van der Waals surface area contributed by atoms with Crippen molar-refractivity contribution in [2.75, 3.05) is 31.1 Å². The van der Waals surface area contributed by atoms with Gasteiger partial charge < -0.3 is 15.1 Å². The molecule has 0 aliphatic carbocycles. The molecule has 2 atom stereocenters. The largest absolute Gasteiger partial charge is 0.354 e.